The topological polar surface area (TPSA) is 101 Å². The minimum absolute atomic E-state index is 0.119. The summed E-state index contributed by atoms with van der Waals surface area (Å²) in [6, 6.07) is 15.2. The molecule has 0 fully saturated rings. The van der Waals surface area contributed by atoms with Crippen LogP contribution in [0, 0.1) is 6.92 Å². The van der Waals surface area contributed by atoms with Gasteiger partial charge in [-0.25, -0.2) is 9.67 Å². The molecule has 3 heterocycles. The van der Waals surface area contributed by atoms with E-state index in [9.17, 15) is 4.79 Å². The first kappa shape index (κ1) is 18.7. The van der Waals surface area contributed by atoms with Gasteiger partial charge in [0.1, 0.15) is 24.0 Å². The third kappa shape index (κ3) is 3.46. The van der Waals surface area contributed by atoms with Crippen LogP contribution in [-0.4, -0.2) is 36.6 Å². The van der Waals surface area contributed by atoms with Gasteiger partial charge in [-0.1, -0.05) is 28.9 Å². The van der Waals surface area contributed by atoms with Crippen molar-refractivity contribution in [3.8, 4) is 22.8 Å². The van der Waals surface area contributed by atoms with Crippen LogP contribution >= 0.6 is 0 Å². The molecule has 5 aromatic rings. The molecule has 0 amide bonds. The Morgan fingerprint density at radius 2 is 1.97 bits per heavy atom. The maximum atomic E-state index is 13.0. The minimum atomic E-state index is -0.236. The Balaban J connectivity index is 1.45. The van der Waals surface area contributed by atoms with E-state index in [1.165, 1.54) is 17.1 Å². The normalized spacial score (nSPS) is 11.2. The van der Waals surface area contributed by atoms with Gasteiger partial charge in [0, 0.05) is 5.56 Å². The quantitative estimate of drug-likeness (QED) is 0.436. The molecule has 5 rings (SSSR count). The molecule has 31 heavy (non-hydrogen) atoms. The summed E-state index contributed by atoms with van der Waals surface area (Å²) < 4.78 is 13.6. The Bertz CT molecular complexity index is 1430. The van der Waals surface area contributed by atoms with Crippen LogP contribution < -0.4 is 10.3 Å². The molecule has 2 aromatic carbocycles. The second-order valence-electron chi connectivity index (χ2n) is 7.05. The smallest absolute Gasteiger partial charge is 0.264 e. The molecule has 0 aliphatic rings. The number of methoxy groups -OCH3 is 1. The van der Waals surface area contributed by atoms with E-state index in [4.69, 9.17) is 9.26 Å². The Labute approximate surface area is 176 Å². The number of nitrogens with zero attached hydrogens (tertiary/aromatic N) is 6. The first-order valence-corrected chi connectivity index (χ1v) is 9.59. The van der Waals surface area contributed by atoms with Crippen LogP contribution in [0.4, 0.5) is 0 Å². The average molecular weight is 414 g/mol. The van der Waals surface area contributed by atoms with E-state index >= 15 is 0 Å². The minimum Gasteiger partial charge on any atom is -0.497 e. The molecule has 154 valence electrons. The van der Waals surface area contributed by atoms with Gasteiger partial charge in [0.05, 0.1) is 19.0 Å². The Morgan fingerprint density at radius 1 is 1.13 bits per heavy atom. The Morgan fingerprint density at radius 3 is 2.74 bits per heavy atom. The fraction of sp³-hybridized carbons (Fsp3) is 0.136. The van der Waals surface area contributed by atoms with Gasteiger partial charge in [-0.2, -0.15) is 10.1 Å². The molecule has 9 nitrogen and oxygen atoms in total. The summed E-state index contributed by atoms with van der Waals surface area (Å²) in [5, 5.41) is 8.76. The summed E-state index contributed by atoms with van der Waals surface area (Å²) >= 11 is 0. The highest BCUT2D eigenvalue weighted by Crippen LogP contribution is 2.19. The second kappa shape index (κ2) is 7.52. The number of benzene rings is 2. The maximum Gasteiger partial charge on any atom is 0.264 e. The lowest BCUT2D eigenvalue weighted by atomic mass is 10.1. The molecule has 0 saturated carbocycles. The van der Waals surface area contributed by atoms with Gasteiger partial charge in [-0.15, -0.1) is 0 Å². The van der Waals surface area contributed by atoms with E-state index < -0.39 is 0 Å². The van der Waals surface area contributed by atoms with Crippen molar-refractivity contribution in [2.75, 3.05) is 7.11 Å². The van der Waals surface area contributed by atoms with Crippen LogP contribution in [0.15, 0.2) is 70.4 Å². The van der Waals surface area contributed by atoms with Crippen molar-refractivity contribution < 1.29 is 9.26 Å². The summed E-state index contributed by atoms with van der Waals surface area (Å²) in [6.45, 7) is 2.12. The van der Waals surface area contributed by atoms with Gasteiger partial charge >= 0.3 is 0 Å². The summed E-state index contributed by atoms with van der Waals surface area (Å²) in [4.78, 5) is 21.8. The van der Waals surface area contributed by atoms with Crippen LogP contribution in [0.2, 0.25) is 0 Å². The van der Waals surface area contributed by atoms with Gasteiger partial charge < -0.3 is 9.26 Å². The van der Waals surface area contributed by atoms with E-state index in [0.717, 1.165) is 22.6 Å². The molecule has 0 radical (unpaired) electrons. The number of hydrogen-bond donors (Lipinski definition) is 0. The van der Waals surface area contributed by atoms with Gasteiger partial charge in [0.25, 0.3) is 5.56 Å². The number of aryl methyl sites for hydroxylation is 1. The zero-order valence-corrected chi connectivity index (χ0v) is 16.9. The number of fused-ring (bicyclic) bond motifs is 1. The molecule has 0 spiro atoms. The molecule has 0 atom stereocenters. The monoisotopic (exact) mass is 414 g/mol. The fourth-order valence-corrected chi connectivity index (χ4v) is 3.34. The SMILES string of the molecule is COc1ccc(-n2ncc3c(=O)n(Cc4nc(-c5cccc(C)c5)no4)cnc32)cc1. The Hall–Kier alpha value is -4.27. The van der Waals surface area contributed by atoms with Gasteiger partial charge in [-0.05, 0) is 37.3 Å². The molecule has 9 heteroatoms. The van der Waals surface area contributed by atoms with Crippen molar-refractivity contribution in [2.45, 2.75) is 13.5 Å². The standard InChI is InChI=1S/C22H18N6O3/c1-14-4-3-5-15(10-14)20-25-19(31-26-20)12-27-13-23-21-18(22(27)29)11-24-28(21)16-6-8-17(30-2)9-7-16/h3-11,13H,12H2,1-2H3. The van der Waals surface area contributed by atoms with E-state index in [1.54, 1.807) is 11.8 Å². The van der Waals surface area contributed by atoms with Gasteiger partial charge in [0.15, 0.2) is 5.65 Å². The number of hydrogen-bond acceptors (Lipinski definition) is 7. The van der Waals surface area contributed by atoms with Crippen LogP contribution in [0.3, 0.4) is 0 Å². The zero-order chi connectivity index (χ0) is 21.4. The van der Waals surface area contributed by atoms with Crippen molar-refractivity contribution in [1.82, 2.24) is 29.5 Å². The van der Waals surface area contributed by atoms with Crippen molar-refractivity contribution in [1.29, 1.82) is 0 Å². The van der Waals surface area contributed by atoms with E-state index in [0.29, 0.717) is 22.7 Å². The largest absolute Gasteiger partial charge is 0.497 e. The highest BCUT2D eigenvalue weighted by atomic mass is 16.5. The molecule has 0 unspecified atom stereocenters. The van der Waals surface area contributed by atoms with E-state index in [1.807, 2.05) is 55.5 Å². The number of aromatic nitrogens is 6. The molecule has 0 saturated heterocycles. The van der Waals surface area contributed by atoms with Crippen molar-refractivity contribution in [2.24, 2.45) is 0 Å². The van der Waals surface area contributed by atoms with Crippen LogP contribution in [0.25, 0.3) is 28.1 Å². The highest BCUT2D eigenvalue weighted by Gasteiger charge is 2.14. The summed E-state index contributed by atoms with van der Waals surface area (Å²) in [5.74, 6) is 1.54. The molecule has 0 aliphatic heterocycles. The first-order chi connectivity index (χ1) is 15.1. The number of ether oxygens (including phenoxy) is 1. The van der Waals surface area contributed by atoms with Crippen molar-refractivity contribution in [3.63, 3.8) is 0 Å². The zero-order valence-electron chi connectivity index (χ0n) is 16.9. The average Bonchev–Trinajstić information content (AvgIpc) is 3.43. The van der Waals surface area contributed by atoms with Crippen molar-refractivity contribution in [3.05, 3.63) is 82.9 Å². The molecule has 3 aromatic heterocycles. The molecular formula is C22H18N6O3. The summed E-state index contributed by atoms with van der Waals surface area (Å²) in [5.41, 5.74) is 2.97. The fourth-order valence-electron chi connectivity index (χ4n) is 3.34. The predicted molar refractivity (Wildman–Crippen MR) is 113 cm³/mol. The van der Waals surface area contributed by atoms with Gasteiger partial charge in [0.2, 0.25) is 11.7 Å². The van der Waals surface area contributed by atoms with Crippen LogP contribution in [0.5, 0.6) is 5.75 Å². The van der Waals surface area contributed by atoms with Crippen molar-refractivity contribution >= 4 is 11.0 Å². The summed E-state index contributed by atoms with van der Waals surface area (Å²) in [6.07, 6.45) is 2.97. The number of rotatable bonds is 5. The lowest BCUT2D eigenvalue weighted by Gasteiger charge is -2.05. The third-order valence-corrected chi connectivity index (χ3v) is 4.92. The summed E-state index contributed by atoms with van der Waals surface area (Å²) in [7, 11) is 1.61. The first-order valence-electron chi connectivity index (χ1n) is 9.59. The highest BCUT2D eigenvalue weighted by molar-refractivity contribution is 5.75. The lowest BCUT2D eigenvalue weighted by Crippen LogP contribution is -2.21. The molecule has 0 N–H and O–H groups in total. The van der Waals surface area contributed by atoms with Gasteiger partial charge in [-0.3, -0.25) is 9.36 Å². The van der Waals surface area contributed by atoms with E-state index in [-0.39, 0.29) is 12.1 Å². The Kier molecular flexibility index (Phi) is 4.55. The molecule has 0 aliphatic carbocycles. The maximum absolute atomic E-state index is 13.0. The molecule has 0 bridgehead atoms. The third-order valence-electron chi connectivity index (χ3n) is 4.92. The predicted octanol–water partition coefficient (Wildman–Crippen LogP) is 3.00. The van der Waals surface area contributed by atoms with E-state index in [2.05, 4.69) is 20.2 Å². The lowest BCUT2D eigenvalue weighted by molar-refractivity contribution is 0.369. The van der Waals surface area contributed by atoms with Crippen LogP contribution in [-0.2, 0) is 6.54 Å². The molecular weight excluding hydrogens is 396 g/mol. The van der Waals surface area contributed by atoms with Crippen LogP contribution in [0.1, 0.15) is 11.5 Å². The second-order valence-corrected chi connectivity index (χ2v) is 7.05.